The molecule has 0 aromatic rings. The number of Topliss-reactive ketones (excluding diaryl/α,β-unsaturated/α-hetero) is 1. The summed E-state index contributed by atoms with van der Waals surface area (Å²) >= 11 is 1.49. The maximum atomic E-state index is 11.9. The van der Waals surface area contributed by atoms with Gasteiger partial charge in [-0.1, -0.05) is 0 Å². The molecule has 1 atom stereocenters. The zero-order valence-corrected chi connectivity index (χ0v) is 8.80. The zero-order chi connectivity index (χ0) is 10.8. The number of rotatable bonds is 3. The van der Waals surface area contributed by atoms with Gasteiger partial charge in [0.15, 0.2) is 0 Å². The first-order chi connectivity index (χ1) is 6.33. The summed E-state index contributed by atoms with van der Waals surface area (Å²) in [6, 6.07) is 0. The van der Waals surface area contributed by atoms with Crippen LogP contribution in [0.3, 0.4) is 0 Å². The molecule has 0 radical (unpaired) electrons. The fraction of sp³-hybridized carbons (Fsp3) is 0.889. The van der Waals surface area contributed by atoms with E-state index in [1.54, 1.807) is 6.92 Å². The van der Waals surface area contributed by atoms with Gasteiger partial charge in [-0.25, -0.2) is 0 Å². The van der Waals surface area contributed by atoms with E-state index >= 15 is 0 Å². The van der Waals surface area contributed by atoms with Crippen molar-refractivity contribution in [2.45, 2.75) is 43.5 Å². The Balaban J connectivity index is 2.42. The van der Waals surface area contributed by atoms with E-state index in [0.29, 0.717) is 6.42 Å². The van der Waals surface area contributed by atoms with Crippen LogP contribution in [0.1, 0.15) is 32.6 Å². The highest BCUT2D eigenvalue weighted by Crippen LogP contribution is 2.40. The predicted octanol–water partition coefficient (Wildman–Crippen LogP) is 3.18. The van der Waals surface area contributed by atoms with Gasteiger partial charge in [-0.3, -0.25) is 4.79 Å². The number of halogens is 3. The monoisotopic (exact) mass is 226 g/mol. The average molecular weight is 226 g/mol. The minimum Gasteiger partial charge on any atom is -0.298 e. The normalized spacial score (nSPS) is 28.0. The fourth-order valence-corrected chi connectivity index (χ4v) is 2.81. The summed E-state index contributed by atoms with van der Waals surface area (Å²) in [7, 11) is 0. The molecular weight excluding hydrogens is 213 g/mol. The van der Waals surface area contributed by atoms with Gasteiger partial charge in [0.1, 0.15) is 5.78 Å². The van der Waals surface area contributed by atoms with Gasteiger partial charge >= 0.3 is 6.18 Å². The van der Waals surface area contributed by atoms with Crippen LogP contribution in [0.15, 0.2) is 0 Å². The van der Waals surface area contributed by atoms with E-state index in [2.05, 4.69) is 0 Å². The van der Waals surface area contributed by atoms with E-state index in [1.807, 2.05) is 0 Å². The molecule has 0 bridgehead atoms. The molecule has 0 aromatic heterocycles. The molecule has 1 aliphatic rings. The Hall–Kier alpha value is -0.190. The first kappa shape index (κ1) is 11.9. The number of carbonyl (C=O) groups is 1. The quantitative estimate of drug-likeness (QED) is 0.735. The van der Waals surface area contributed by atoms with Crippen LogP contribution in [0.2, 0.25) is 0 Å². The van der Waals surface area contributed by atoms with Crippen molar-refractivity contribution >= 4 is 17.5 Å². The summed E-state index contributed by atoms with van der Waals surface area (Å²) in [5, 5.41) is 0. The third kappa shape index (κ3) is 3.19. The first-order valence-corrected chi connectivity index (χ1v) is 5.56. The van der Waals surface area contributed by atoms with Gasteiger partial charge in [0.25, 0.3) is 0 Å². The summed E-state index contributed by atoms with van der Waals surface area (Å²) < 4.78 is 35.1. The molecule has 1 aliphatic heterocycles. The Morgan fingerprint density at radius 2 is 2.14 bits per heavy atom. The molecule has 1 rings (SSSR count). The van der Waals surface area contributed by atoms with Crippen molar-refractivity contribution in [2.24, 2.45) is 0 Å². The van der Waals surface area contributed by atoms with Crippen LogP contribution < -0.4 is 0 Å². The summed E-state index contributed by atoms with van der Waals surface area (Å²) in [6.45, 7) is 1.75. The summed E-state index contributed by atoms with van der Waals surface area (Å²) in [4.78, 5) is 11.5. The van der Waals surface area contributed by atoms with Crippen molar-refractivity contribution in [3.05, 3.63) is 0 Å². The van der Waals surface area contributed by atoms with Crippen molar-refractivity contribution in [3.63, 3.8) is 0 Å². The minimum absolute atomic E-state index is 0.252. The molecule has 1 unspecified atom stereocenters. The van der Waals surface area contributed by atoms with Gasteiger partial charge in [0.05, 0.1) is 11.2 Å². The lowest BCUT2D eigenvalue weighted by Crippen LogP contribution is -2.29. The molecule has 82 valence electrons. The molecule has 1 saturated heterocycles. The van der Waals surface area contributed by atoms with Crippen molar-refractivity contribution < 1.29 is 18.0 Å². The second-order valence-electron chi connectivity index (χ2n) is 3.72. The predicted molar refractivity (Wildman–Crippen MR) is 50.4 cm³/mol. The summed E-state index contributed by atoms with van der Waals surface area (Å²) in [5.41, 5.74) is 0. The van der Waals surface area contributed by atoms with Crippen LogP contribution in [-0.2, 0) is 4.79 Å². The molecule has 0 amide bonds. The minimum atomic E-state index is -4.21. The van der Waals surface area contributed by atoms with Gasteiger partial charge < -0.3 is 0 Å². The number of carbonyl (C=O) groups excluding carboxylic acids is 1. The average Bonchev–Trinajstić information content (AvgIpc) is 2.48. The molecule has 0 aliphatic carbocycles. The van der Waals surface area contributed by atoms with Crippen LogP contribution in [-0.4, -0.2) is 22.5 Å². The Morgan fingerprint density at radius 3 is 2.57 bits per heavy atom. The highest BCUT2D eigenvalue weighted by Gasteiger charge is 2.38. The van der Waals surface area contributed by atoms with Crippen LogP contribution in [0.25, 0.3) is 0 Å². The fourth-order valence-electron chi connectivity index (χ4n) is 1.52. The Kier molecular flexibility index (Phi) is 3.50. The van der Waals surface area contributed by atoms with E-state index in [4.69, 9.17) is 0 Å². The van der Waals surface area contributed by atoms with E-state index in [9.17, 15) is 18.0 Å². The largest absolute Gasteiger partial charge is 0.389 e. The van der Waals surface area contributed by atoms with Crippen molar-refractivity contribution in [1.29, 1.82) is 0 Å². The lowest BCUT2D eigenvalue weighted by atomic mass is 9.97. The second kappa shape index (κ2) is 4.13. The molecular formula is C9H13F3OS. The van der Waals surface area contributed by atoms with Crippen LogP contribution in [0.4, 0.5) is 13.2 Å². The summed E-state index contributed by atoms with van der Waals surface area (Å²) in [5.74, 6) is 0.631. The highest BCUT2D eigenvalue weighted by atomic mass is 32.2. The Labute approximate surface area is 85.4 Å². The van der Waals surface area contributed by atoms with Crippen LogP contribution >= 0.6 is 11.8 Å². The topological polar surface area (TPSA) is 17.1 Å². The molecule has 5 heteroatoms. The number of alkyl halides is 3. The van der Waals surface area contributed by atoms with E-state index < -0.39 is 17.3 Å². The highest BCUT2D eigenvalue weighted by molar-refractivity contribution is 8.01. The third-order valence-corrected chi connectivity index (χ3v) is 4.01. The molecule has 0 spiro atoms. The van der Waals surface area contributed by atoms with Crippen molar-refractivity contribution in [2.75, 3.05) is 5.75 Å². The molecule has 14 heavy (non-hydrogen) atoms. The number of thioether (sulfide) groups is 1. The zero-order valence-electron chi connectivity index (χ0n) is 7.99. The van der Waals surface area contributed by atoms with Gasteiger partial charge in [-0.05, 0) is 25.5 Å². The van der Waals surface area contributed by atoms with Crippen molar-refractivity contribution in [1.82, 2.24) is 0 Å². The van der Waals surface area contributed by atoms with Crippen LogP contribution in [0, 0.1) is 0 Å². The maximum Gasteiger partial charge on any atom is 0.389 e. The van der Waals surface area contributed by atoms with E-state index in [1.165, 1.54) is 11.8 Å². The molecule has 1 nitrogen and oxygen atoms in total. The standard InChI is InChI=1S/C9H13F3OS/c1-8(4-2-6-14-8)7(13)3-5-9(10,11)12/h2-6H2,1H3. The lowest BCUT2D eigenvalue weighted by Gasteiger charge is -2.20. The number of hydrogen-bond acceptors (Lipinski definition) is 2. The third-order valence-electron chi connectivity index (χ3n) is 2.44. The van der Waals surface area contributed by atoms with Crippen molar-refractivity contribution in [3.8, 4) is 0 Å². The van der Waals surface area contributed by atoms with E-state index in [-0.39, 0.29) is 12.2 Å². The lowest BCUT2D eigenvalue weighted by molar-refractivity contribution is -0.144. The molecule has 1 fully saturated rings. The maximum absolute atomic E-state index is 11.9. The summed E-state index contributed by atoms with van der Waals surface area (Å²) in [6.07, 6.45) is -3.92. The Morgan fingerprint density at radius 1 is 1.50 bits per heavy atom. The van der Waals surface area contributed by atoms with Gasteiger partial charge in [0.2, 0.25) is 0 Å². The Bertz CT molecular complexity index is 219. The van der Waals surface area contributed by atoms with Gasteiger partial charge in [-0.15, -0.1) is 11.8 Å². The smallest absolute Gasteiger partial charge is 0.298 e. The first-order valence-electron chi connectivity index (χ1n) is 4.57. The molecule has 0 N–H and O–H groups in total. The SMILES string of the molecule is CC1(C(=O)CCC(F)(F)F)CCCS1. The van der Waals surface area contributed by atoms with Crippen LogP contribution in [0.5, 0.6) is 0 Å². The molecule has 1 heterocycles. The molecule has 0 saturated carbocycles. The van der Waals surface area contributed by atoms with E-state index in [0.717, 1.165) is 12.2 Å². The number of ketones is 1. The number of hydrogen-bond donors (Lipinski definition) is 0. The second-order valence-corrected chi connectivity index (χ2v) is 5.32. The van der Waals surface area contributed by atoms with Gasteiger partial charge in [0, 0.05) is 6.42 Å². The molecule has 0 aromatic carbocycles. The van der Waals surface area contributed by atoms with Gasteiger partial charge in [-0.2, -0.15) is 13.2 Å².